The summed E-state index contributed by atoms with van der Waals surface area (Å²) in [6.07, 6.45) is 0. The third-order valence-electron chi connectivity index (χ3n) is 2.85. The minimum Gasteiger partial charge on any atom is -0.293 e. The maximum absolute atomic E-state index is 12.3. The van der Waals surface area contributed by atoms with Crippen molar-refractivity contribution in [2.75, 3.05) is 0 Å². The van der Waals surface area contributed by atoms with Gasteiger partial charge in [0.25, 0.3) is 0 Å². The lowest BCUT2D eigenvalue weighted by atomic mass is 9.79. The molecule has 0 aliphatic rings. The van der Waals surface area contributed by atoms with E-state index in [0.29, 0.717) is 0 Å². The Morgan fingerprint density at radius 2 is 1.81 bits per heavy atom. The fourth-order valence-corrected chi connectivity index (χ4v) is 2.38. The molecule has 0 amide bonds. The fourth-order valence-electron chi connectivity index (χ4n) is 1.74. The molecule has 0 unspecified atom stereocenters. The number of carbonyl (C=O) groups excluding carboxylic acids is 1. The van der Waals surface area contributed by atoms with Crippen molar-refractivity contribution >= 4 is 17.1 Å². The van der Waals surface area contributed by atoms with Crippen molar-refractivity contribution in [2.24, 2.45) is 0 Å². The van der Waals surface area contributed by atoms with Gasteiger partial charge in [-0.3, -0.25) is 4.79 Å². The van der Waals surface area contributed by atoms with Crippen LogP contribution in [0.4, 0.5) is 0 Å². The largest absolute Gasteiger partial charge is 0.293 e. The van der Waals surface area contributed by atoms with Gasteiger partial charge in [-0.1, -0.05) is 30.3 Å². The van der Waals surface area contributed by atoms with Gasteiger partial charge in [-0.25, -0.2) is 0 Å². The van der Waals surface area contributed by atoms with Crippen LogP contribution in [-0.4, -0.2) is 5.78 Å². The Hall–Kier alpha value is -1.41. The van der Waals surface area contributed by atoms with Crippen LogP contribution in [0.15, 0.2) is 47.2 Å². The smallest absolute Gasteiger partial charge is 0.173 e. The Bertz CT molecular complexity index is 469. The van der Waals surface area contributed by atoms with Crippen LogP contribution in [0.5, 0.6) is 0 Å². The highest BCUT2D eigenvalue weighted by Gasteiger charge is 2.30. The topological polar surface area (TPSA) is 17.1 Å². The summed E-state index contributed by atoms with van der Waals surface area (Å²) < 4.78 is 0. The zero-order valence-electron chi connectivity index (χ0n) is 9.44. The van der Waals surface area contributed by atoms with Crippen molar-refractivity contribution in [1.29, 1.82) is 0 Å². The second-order valence-corrected chi connectivity index (χ2v) is 5.11. The number of ketones is 1. The summed E-state index contributed by atoms with van der Waals surface area (Å²) in [6.45, 7) is 3.95. The van der Waals surface area contributed by atoms with Crippen LogP contribution in [0.1, 0.15) is 29.8 Å². The van der Waals surface area contributed by atoms with E-state index in [-0.39, 0.29) is 5.78 Å². The first-order valence-electron chi connectivity index (χ1n) is 5.25. The van der Waals surface area contributed by atoms with Crippen LogP contribution >= 0.6 is 11.3 Å². The zero-order chi connectivity index (χ0) is 11.6. The second-order valence-electron chi connectivity index (χ2n) is 4.33. The minimum absolute atomic E-state index is 0.181. The van der Waals surface area contributed by atoms with Crippen molar-refractivity contribution in [3.8, 4) is 0 Å². The van der Waals surface area contributed by atoms with E-state index in [4.69, 9.17) is 0 Å². The van der Waals surface area contributed by atoms with E-state index in [1.807, 2.05) is 61.0 Å². The van der Waals surface area contributed by atoms with E-state index >= 15 is 0 Å². The highest BCUT2D eigenvalue weighted by molar-refractivity contribution is 7.08. The second kappa shape index (κ2) is 4.22. The molecule has 1 aromatic carbocycles. The van der Waals surface area contributed by atoms with E-state index in [1.54, 1.807) is 11.3 Å². The van der Waals surface area contributed by atoms with Gasteiger partial charge in [-0.15, -0.1) is 0 Å². The molecule has 0 aliphatic heterocycles. The van der Waals surface area contributed by atoms with Crippen LogP contribution in [-0.2, 0) is 5.41 Å². The Labute approximate surface area is 99.8 Å². The molecule has 0 bridgehead atoms. The van der Waals surface area contributed by atoms with Gasteiger partial charge < -0.3 is 0 Å². The molecule has 0 fully saturated rings. The number of Topliss-reactive ketones (excluding diaryl/α,β-unsaturated/α-hetero) is 1. The molecule has 0 saturated carbocycles. The van der Waals surface area contributed by atoms with E-state index in [0.717, 1.165) is 11.1 Å². The number of thiophene rings is 1. The Kier molecular flexibility index (Phi) is 2.92. The van der Waals surface area contributed by atoms with E-state index in [1.165, 1.54) is 0 Å². The number of hydrogen-bond donors (Lipinski definition) is 0. The first-order valence-corrected chi connectivity index (χ1v) is 6.19. The van der Waals surface area contributed by atoms with Crippen LogP contribution in [0.2, 0.25) is 0 Å². The molecule has 2 aromatic rings. The van der Waals surface area contributed by atoms with Crippen LogP contribution in [0, 0.1) is 0 Å². The average molecular weight is 230 g/mol. The molecule has 16 heavy (non-hydrogen) atoms. The van der Waals surface area contributed by atoms with Gasteiger partial charge in [-0.2, -0.15) is 11.3 Å². The lowest BCUT2D eigenvalue weighted by Crippen LogP contribution is -2.28. The maximum atomic E-state index is 12.3. The summed E-state index contributed by atoms with van der Waals surface area (Å²) in [7, 11) is 0. The average Bonchev–Trinajstić information content (AvgIpc) is 2.82. The van der Waals surface area contributed by atoms with E-state index in [9.17, 15) is 4.79 Å². The molecule has 1 heterocycles. The van der Waals surface area contributed by atoms with Crippen molar-refractivity contribution in [1.82, 2.24) is 0 Å². The SMILES string of the molecule is CC(C)(C(=O)c1ccsc1)c1ccccc1. The monoisotopic (exact) mass is 230 g/mol. The van der Waals surface area contributed by atoms with Crippen LogP contribution in [0.25, 0.3) is 0 Å². The first-order chi connectivity index (χ1) is 7.62. The lowest BCUT2D eigenvalue weighted by molar-refractivity contribution is 0.0909. The van der Waals surface area contributed by atoms with Crippen molar-refractivity contribution < 1.29 is 4.79 Å². The highest BCUT2D eigenvalue weighted by atomic mass is 32.1. The van der Waals surface area contributed by atoms with E-state index in [2.05, 4.69) is 0 Å². The molecule has 0 N–H and O–H groups in total. The normalized spacial score (nSPS) is 11.4. The van der Waals surface area contributed by atoms with Crippen molar-refractivity contribution in [3.05, 3.63) is 58.3 Å². The summed E-state index contributed by atoms with van der Waals surface area (Å²) in [6, 6.07) is 11.8. The predicted molar refractivity (Wildman–Crippen MR) is 68.1 cm³/mol. The summed E-state index contributed by atoms with van der Waals surface area (Å²) in [5, 5.41) is 3.85. The van der Waals surface area contributed by atoms with E-state index < -0.39 is 5.41 Å². The molecule has 2 rings (SSSR count). The third-order valence-corrected chi connectivity index (χ3v) is 3.53. The summed E-state index contributed by atoms with van der Waals surface area (Å²) >= 11 is 1.56. The quantitative estimate of drug-likeness (QED) is 0.731. The minimum atomic E-state index is -0.456. The number of carbonyl (C=O) groups is 1. The molecular formula is C14H14OS. The number of hydrogen-bond acceptors (Lipinski definition) is 2. The molecule has 0 radical (unpaired) electrons. The molecule has 82 valence electrons. The van der Waals surface area contributed by atoms with Crippen LogP contribution < -0.4 is 0 Å². The lowest BCUT2D eigenvalue weighted by Gasteiger charge is -2.23. The van der Waals surface area contributed by atoms with Gasteiger partial charge in [0.05, 0.1) is 5.41 Å². The van der Waals surface area contributed by atoms with Gasteiger partial charge in [-0.05, 0) is 30.9 Å². The summed E-state index contributed by atoms with van der Waals surface area (Å²) in [5.74, 6) is 0.181. The van der Waals surface area contributed by atoms with Gasteiger partial charge in [0.2, 0.25) is 0 Å². The molecule has 0 aliphatic carbocycles. The highest BCUT2D eigenvalue weighted by Crippen LogP contribution is 2.28. The fraction of sp³-hybridized carbons (Fsp3) is 0.214. The zero-order valence-corrected chi connectivity index (χ0v) is 10.3. The Morgan fingerprint density at radius 3 is 2.38 bits per heavy atom. The van der Waals surface area contributed by atoms with Crippen molar-refractivity contribution in [3.63, 3.8) is 0 Å². The van der Waals surface area contributed by atoms with Gasteiger partial charge in [0.1, 0.15) is 0 Å². The molecule has 0 saturated heterocycles. The van der Waals surface area contributed by atoms with Gasteiger partial charge in [0.15, 0.2) is 5.78 Å². The Morgan fingerprint density at radius 1 is 1.12 bits per heavy atom. The third kappa shape index (κ3) is 1.93. The Balaban J connectivity index is 2.36. The van der Waals surface area contributed by atoms with Crippen molar-refractivity contribution in [2.45, 2.75) is 19.3 Å². The molecule has 0 spiro atoms. The molecule has 1 aromatic heterocycles. The summed E-state index contributed by atoms with van der Waals surface area (Å²) in [4.78, 5) is 12.3. The molecule has 1 nitrogen and oxygen atoms in total. The maximum Gasteiger partial charge on any atom is 0.173 e. The predicted octanol–water partition coefficient (Wildman–Crippen LogP) is 3.91. The number of benzene rings is 1. The van der Waals surface area contributed by atoms with Gasteiger partial charge in [0, 0.05) is 10.9 Å². The number of rotatable bonds is 3. The first kappa shape index (κ1) is 11.1. The molecule has 0 atom stereocenters. The molecular weight excluding hydrogens is 216 g/mol. The summed E-state index contributed by atoms with van der Waals surface area (Å²) in [5.41, 5.74) is 1.41. The van der Waals surface area contributed by atoms with Crippen LogP contribution in [0.3, 0.4) is 0 Å². The standard InChI is InChI=1S/C14H14OS/c1-14(2,12-6-4-3-5-7-12)13(15)11-8-9-16-10-11/h3-10H,1-2H3. The molecule has 2 heteroatoms. The van der Waals surface area contributed by atoms with Gasteiger partial charge >= 0.3 is 0 Å².